The van der Waals surface area contributed by atoms with Crippen molar-refractivity contribution in [3.8, 4) is 23.0 Å². The van der Waals surface area contributed by atoms with Crippen LogP contribution in [0.3, 0.4) is 0 Å². The molecule has 21 heteroatoms. The Kier molecular flexibility index (Phi) is 19.5. The summed E-state index contributed by atoms with van der Waals surface area (Å²) in [4.78, 5) is 41.6. The van der Waals surface area contributed by atoms with Gasteiger partial charge in [0, 0.05) is 40.2 Å². The molecule has 4 aromatic rings. The Labute approximate surface area is 334 Å². The Hall–Kier alpha value is -2.84. The molecule has 0 saturated heterocycles. The Bertz CT molecular complexity index is 1620. The summed E-state index contributed by atoms with van der Waals surface area (Å²) in [6.45, 7) is 0. The van der Waals surface area contributed by atoms with E-state index in [0.29, 0.717) is 0 Å². The van der Waals surface area contributed by atoms with Crippen molar-refractivity contribution in [3.63, 3.8) is 0 Å². The van der Waals surface area contributed by atoms with Crippen LogP contribution in [0.4, 0.5) is 0 Å². The summed E-state index contributed by atoms with van der Waals surface area (Å²) in [5.41, 5.74) is -1.64. The minimum Gasteiger partial charge on any atom is -0.871 e. The summed E-state index contributed by atoms with van der Waals surface area (Å²) in [6.07, 6.45) is 0. The van der Waals surface area contributed by atoms with Crippen LogP contribution in [0.1, 0.15) is 41.4 Å². The normalized spacial score (nSPS) is 9.63. The zero-order chi connectivity index (χ0) is 37.2. The molecular weight excluding hydrogens is 903 g/mol. The van der Waals surface area contributed by atoms with Gasteiger partial charge in [-0.05, 0) is 48.5 Å². The SMILES string of the molecule is O=C(O)c1cc(Cl)cc(Cl)c1[O-].O=C(O)c1cc(Cl)cc(Cl)c1[O-].O=C(O)c1cc(Cl)cc(Cl)c1[O-].O=C(O)c1cc(Cl)cc(Cl)c1[O-].[Zr+4]. The fourth-order valence-corrected chi connectivity index (χ4v) is 4.85. The number of carboxylic acids is 4. The maximum atomic E-state index is 11.0. The third-order valence-electron chi connectivity index (χ3n) is 4.96. The molecule has 4 N–H and O–H groups in total. The van der Waals surface area contributed by atoms with E-state index in [4.69, 9.17) is 113 Å². The van der Waals surface area contributed by atoms with Gasteiger partial charge in [-0.1, -0.05) is 116 Å². The van der Waals surface area contributed by atoms with Gasteiger partial charge < -0.3 is 40.9 Å². The number of hydrogen-bond acceptors (Lipinski definition) is 8. The predicted molar refractivity (Wildman–Crippen MR) is 171 cm³/mol. The summed E-state index contributed by atoms with van der Waals surface area (Å²) in [5.74, 6) is -8.17. The Morgan fingerprint density at radius 1 is 0.367 bits per heavy atom. The molecule has 0 aliphatic heterocycles. The molecule has 12 nitrogen and oxygen atoms in total. The van der Waals surface area contributed by atoms with Crippen molar-refractivity contribution >= 4 is 117 Å². The average molecular weight is 915 g/mol. The van der Waals surface area contributed by atoms with Crippen LogP contribution in [-0.4, -0.2) is 44.3 Å². The summed E-state index contributed by atoms with van der Waals surface area (Å²) in [6, 6.07) is 9.10. The largest absolute Gasteiger partial charge is 4.00 e. The summed E-state index contributed by atoms with van der Waals surface area (Å²) >= 11 is 43.5. The van der Waals surface area contributed by atoms with Crippen LogP contribution in [0.5, 0.6) is 23.0 Å². The number of carboxylic acid groups (broad SMARTS) is 4. The molecule has 0 heterocycles. The van der Waals surface area contributed by atoms with Crippen LogP contribution >= 0.6 is 92.8 Å². The number of rotatable bonds is 4. The van der Waals surface area contributed by atoms with E-state index in [9.17, 15) is 39.6 Å². The van der Waals surface area contributed by atoms with Gasteiger partial charge in [0.15, 0.2) is 0 Å². The molecule has 256 valence electrons. The molecule has 0 aromatic heterocycles. The van der Waals surface area contributed by atoms with Crippen molar-refractivity contribution in [2.45, 2.75) is 0 Å². The van der Waals surface area contributed by atoms with Crippen molar-refractivity contribution in [1.82, 2.24) is 0 Å². The number of halogens is 8. The third kappa shape index (κ3) is 14.1. The molecule has 0 unspecified atom stereocenters. The number of hydrogen-bond donors (Lipinski definition) is 4. The van der Waals surface area contributed by atoms with Gasteiger partial charge in [-0.2, -0.15) is 0 Å². The summed E-state index contributed by atoms with van der Waals surface area (Å²) < 4.78 is 0. The molecule has 0 atom stereocenters. The Morgan fingerprint density at radius 2 is 0.510 bits per heavy atom. The van der Waals surface area contributed by atoms with Crippen molar-refractivity contribution < 1.29 is 86.2 Å². The zero-order valence-electron chi connectivity index (χ0n) is 23.2. The molecule has 0 amide bonds. The molecule has 0 radical (unpaired) electrons. The van der Waals surface area contributed by atoms with Crippen LogP contribution in [0.15, 0.2) is 48.5 Å². The maximum absolute atomic E-state index is 11.0. The van der Waals surface area contributed by atoms with Gasteiger partial charge in [-0.25, -0.2) is 19.2 Å². The number of carbonyl (C=O) groups is 4. The second-order valence-corrected chi connectivity index (χ2v) is 11.7. The summed E-state index contributed by atoms with van der Waals surface area (Å²) in [7, 11) is 0. The van der Waals surface area contributed by atoms with Crippen LogP contribution in [0.25, 0.3) is 0 Å². The monoisotopic (exact) mass is 910 g/mol. The molecule has 0 saturated carbocycles. The molecule has 0 spiro atoms. The second kappa shape index (κ2) is 20.7. The van der Waals surface area contributed by atoms with Crippen LogP contribution in [0, 0.1) is 0 Å². The van der Waals surface area contributed by atoms with Gasteiger partial charge in [0.1, 0.15) is 0 Å². The Balaban J connectivity index is 0.000000623. The van der Waals surface area contributed by atoms with E-state index in [1.807, 2.05) is 0 Å². The van der Waals surface area contributed by atoms with Gasteiger partial charge in [0.05, 0.1) is 22.3 Å². The first-order chi connectivity index (χ1) is 22.1. The minimum atomic E-state index is -1.33. The predicted octanol–water partition coefficient (Wildman–Crippen LogP) is 7.06. The molecule has 0 aliphatic carbocycles. The summed E-state index contributed by atoms with van der Waals surface area (Å²) in [5, 5.41) is 77.8. The van der Waals surface area contributed by atoms with E-state index >= 15 is 0 Å². The van der Waals surface area contributed by atoms with E-state index < -0.39 is 69.1 Å². The van der Waals surface area contributed by atoms with E-state index in [1.165, 1.54) is 24.3 Å². The first-order valence-electron chi connectivity index (χ1n) is 11.7. The van der Waals surface area contributed by atoms with Crippen LogP contribution in [0.2, 0.25) is 40.2 Å². The first-order valence-corrected chi connectivity index (χ1v) is 14.7. The smallest absolute Gasteiger partial charge is 0.871 e. The molecule has 0 bridgehead atoms. The quantitative estimate of drug-likeness (QED) is 0.161. The molecule has 0 aliphatic rings. The van der Waals surface area contributed by atoms with E-state index in [2.05, 4.69) is 0 Å². The van der Waals surface area contributed by atoms with Crippen LogP contribution < -0.4 is 20.4 Å². The molecular formula is C28H12Cl8O12Zr. The zero-order valence-corrected chi connectivity index (χ0v) is 31.7. The maximum Gasteiger partial charge on any atom is 4.00 e. The standard InChI is InChI=1S/4C7H4Cl2O3.Zr/c4*8-3-1-4(7(11)12)6(10)5(9)2-3;/h4*1-2,10H,(H,11,12);/q;;;;+4/p-4. The van der Waals surface area contributed by atoms with Gasteiger partial charge in [-0.15, -0.1) is 0 Å². The molecule has 0 fully saturated rings. The molecule has 49 heavy (non-hydrogen) atoms. The molecule has 4 rings (SSSR count). The third-order valence-corrected chi connectivity index (χ3v) is 6.95. The Morgan fingerprint density at radius 3 is 0.633 bits per heavy atom. The van der Waals surface area contributed by atoms with E-state index in [-0.39, 0.29) is 66.4 Å². The van der Waals surface area contributed by atoms with Crippen molar-refractivity contribution in [2.24, 2.45) is 0 Å². The fourth-order valence-electron chi connectivity index (χ4n) is 2.88. The van der Waals surface area contributed by atoms with E-state index in [0.717, 1.165) is 24.3 Å². The number of benzene rings is 4. The average Bonchev–Trinajstić information content (AvgIpc) is 2.97. The first kappa shape index (κ1) is 46.2. The number of aromatic carboxylic acids is 4. The van der Waals surface area contributed by atoms with Gasteiger partial charge in [0.25, 0.3) is 0 Å². The minimum absolute atomic E-state index is 0. The van der Waals surface area contributed by atoms with Crippen molar-refractivity contribution in [2.75, 3.05) is 0 Å². The van der Waals surface area contributed by atoms with Crippen molar-refractivity contribution in [3.05, 3.63) is 111 Å². The molecule has 4 aromatic carbocycles. The van der Waals surface area contributed by atoms with E-state index in [1.54, 1.807) is 0 Å². The second-order valence-electron chi connectivity index (χ2n) is 8.28. The van der Waals surface area contributed by atoms with Crippen LogP contribution in [-0.2, 0) is 26.2 Å². The van der Waals surface area contributed by atoms with Crippen molar-refractivity contribution in [1.29, 1.82) is 0 Å². The topological polar surface area (TPSA) is 241 Å². The van der Waals surface area contributed by atoms with Gasteiger partial charge in [0.2, 0.25) is 0 Å². The van der Waals surface area contributed by atoms with Gasteiger partial charge >= 0.3 is 50.1 Å². The fraction of sp³-hybridized carbons (Fsp3) is 0. The van der Waals surface area contributed by atoms with Gasteiger partial charge in [-0.3, -0.25) is 0 Å².